The average molecular weight is 382 g/mol. The van der Waals surface area contributed by atoms with Crippen molar-refractivity contribution in [2.24, 2.45) is 0 Å². The standard InChI is InChI=1S/C19H23NO3S.ClH/c1-21-15-9-7-14(8-10-15)19(17-13-20-11-12-23-17)24-18-6-4-3-5-16(18)22-2;/h3-10,17,19-20H,11-13H2,1-2H3;1H/t17-,19?;/m1./s1. The van der Waals surface area contributed by atoms with Gasteiger partial charge in [0.15, 0.2) is 0 Å². The minimum Gasteiger partial charge on any atom is -0.497 e. The summed E-state index contributed by atoms with van der Waals surface area (Å²) in [6.07, 6.45) is 0.113. The smallest absolute Gasteiger partial charge is 0.132 e. The van der Waals surface area contributed by atoms with Crippen molar-refractivity contribution in [2.45, 2.75) is 16.2 Å². The monoisotopic (exact) mass is 381 g/mol. The molecular weight excluding hydrogens is 358 g/mol. The molecule has 0 radical (unpaired) electrons. The van der Waals surface area contributed by atoms with Crippen molar-refractivity contribution in [2.75, 3.05) is 33.9 Å². The number of hydrogen-bond acceptors (Lipinski definition) is 5. The van der Waals surface area contributed by atoms with Crippen LogP contribution in [0.1, 0.15) is 10.8 Å². The Balaban J connectivity index is 0.00000225. The van der Waals surface area contributed by atoms with E-state index in [-0.39, 0.29) is 23.8 Å². The lowest BCUT2D eigenvalue weighted by atomic mass is 10.1. The van der Waals surface area contributed by atoms with Gasteiger partial charge in [-0.2, -0.15) is 0 Å². The Kier molecular flexibility index (Phi) is 7.90. The van der Waals surface area contributed by atoms with Crippen molar-refractivity contribution in [1.82, 2.24) is 5.32 Å². The van der Waals surface area contributed by atoms with Crippen LogP contribution in [0.5, 0.6) is 11.5 Å². The number of para-hydroxylation sites is 1. The van der Waals surface area contributed by atoms with Gasteiger partial charge in [0.1, 0.15) is 11.5 Å². The highest BCUT2D eigenvalue weighted by Gasteiger charge is 2.28. The predicted molar refractivity (Wildman–Crippen MR) is 104 cm³/mol. The van der Waals surface area contributed by atoms with E-state index in [9.17, 15) is 0 Å². The van der Waals surface area contributed by atoms with Crippen LogP contribution in [0, 0.1) is 0 Å². The van der Waals surface area contributed by atoms with Gasteiger partial charge in [-0.3, -0.25) is 0 Å². The summed E-state index contributed by atoms with van der Waals surface area (Å²) < 4.78 is 16.8. The summed E-state index contributed by atoms with van der Waals surface area (Å²) in [5, 5.41) is 3.61. The van der Waals surface area contributed by atoms with Crippen molar-refractivity contribution >= 4 is 24.2 Å². The second kappa shape index (κ2) is 9.92. The molecule has 2 aromatic carbocycles. The molecule has 3 rings (SSSR count). The van der Waals surface area contributed by atoms with Gasteiger partial charge in [0.05, 0.1) is 37.1 Å². The molecule has 1 fully saturated rings. The van der Waals surface area contributed by atoms with E-state index in [1.807, 2.05) is 30.3 Å². The highest BCUT2D eigenvalue weighted by Crippen LogP contribution is 2.43. The van der Waals surface area contributed by atoms with Gasteiger partial charge >= 0.3 is 0 Å². The molecule has 136 valence electrons. The molecule has 1 aliphatic heterocycles. The number of thioether (sulfide) groups is 1. The SMILES string of the molecule is COc1ccc(C(Sc2ccccc2OC)[C@H]2CNCCO2)cc1.Cl. The Morgan fingerprint density at radius 2 is 1.84 bits per heavy atom. The molecule has 1 heterocycles. The summed E-state index contributed by atoms with van der Waals surface area (Å²) in [6.45, 7) is 2.49. The summed E-state index contributed by atoms with van der Waals surface area (Å²) in [7, 11) is 3.39. The van der Waals surface area contributed by atoms with E-state index in [0.29, 0.717) is 0 Å². The fourth-order valence-electron chi connectivity index (χ4n) is 2.79. The highest BCUT2D eigenvalue weighted by molar-refractivity contribution is 7.99. The third-order valence-corrected chi connectivity index (χ3v) is 5.48. The number of hydrogen-bond donors (Lipinski definition) is 1. The van der Waals surface area contributed by atoms with E-state index in [1.165, 1.54) is 5.56 Å². The average Bonchev–Trinajstić information content (AvgIpc) is 2.67. The predicted octanol–water partition coefficient (Wildman–Crippen LogP) is 3.95. The molecule has 0 amide bonds. The first-order chi connectivity index (χ1) is 11.8. The molecule has 0 saturated carbocycles. The summed E-state index contributed by atoms with van der Waals surface area (Å²) >= 11 is 1.78. The largest absolute Gasteiger partial charge is 0.497 e. The molecule has 0 aromatic heterocycles. The first kappa shape index (κ1) is 19.9. The Labute approximate surface area is 159 Å². The molecule has 2 aromatic rings. The van der Waals surface area contributed by atoms with E-state index < -0.39 is 0 Å². The van der Waals surface area contributed by atoms with Crippen molar-refractivity contribution in [3.8, 4) is 11.5 Å². The van der Waals surface area contributed by atoms with Gasteiger partial charge in [0.2, 0.25) is 0 Å². The Bertz CT molecular complexity index is 647. The zero-order valence-corrected chi connectivity index (χ0v) is 16.1. The number of nitrogens with one attached hydrogen (secondary N) is 1. The van der Waals surface area contributed by atoms with Gasteiger partial charge in [0.25, 0.3) is 0 Å². The van der Waals surface area contributed by atoms with Gasteiger partial charge in [-0.15, -0.1) is 24.2 Å². The quantitative estimate of drug-likeness (QED) is 0.767. The molecule has 1 saturated heterocycles. The molecule has 25 heavy (non-hydrogen) atoms. The number of ether oxygens (including phenoxy) is 3. The van der Waals surface area contributed by atoms with Crippen LogP contribution >= 0.6 is 24.2 Å². The zero-order chi connectivity index (χ0) is 16.8. The van der Waals surface area contributed by atoms with Crippen molar-refractivity contribution in [3.63, 3.8) is 0 Å². The molecule has 1 aliphatic rings. The molecule has 0 aliphatic carbocycles. The van der Waals surface area contributed by atoms with Crippen LogP contribution in [0.3, 0.4) is 0 Å². The molecule has 0 spiro atoms. The fraction of sp³-hybridized carbons (Fsp3) is 0.368. The topological polar surface area (TPSA) is 39.7 Å². The molecule has 6 heteroatoms. The third-order valence-electron chi connectivity index (χ3n) is 4.06. The van der Waals surface area contributed by atoms with Gasteiger partial charge in [-0.1, -0.05) is 24.3 Å². The number of morpholine rings is 1. The van der Waals surface area contributed by atoms with Crippen molar-refractivity contribution in [3.05, 3.63) is 54.1 Å². The van der Waals surface area contributed by atoms with E-state index >= 15 is 0 Å². The Morgan fingerprint density at radius 3 is 2.48 bits per heavy atom. The van der Waals surface area contributed by atoms with Crippen LogP contribution in [0.2, 0.25) is 0 Å². The van der Waals surface area contributed by atoms with Gasteiger partial charge < -0.3 is 19.5 Å². The second-order valence-corrected chi connectivity index (χ2v) is 6.76. The molecule has 0 bridgehead atoms. The number of halogens is 1. The normalized spacial score (nSPS) is 18.1. The number of rotatable bonds is 6. The minimum absolute atomic E-state index is 0. The maximum atomic E-state index is 6.04. The van der Waals surface area contributed by atoms with E-state index in [0.717, 1.165) is 36.1 Å². The van der Waals surface area contributed by atoms with Gasteiger partial charge in [-0.05, 0) is 29.8 Å². The minimum atomic E-state index is 0. The van der Waals surface area contributed by atoms with Crippen molar-refractivity contribution < 1.29 is 14.2 Å². The maximum Gasteiger partial charge on any atom is 0.132 e. The van der Waals surface area contributed by atoms with Crippen LogP contribution in [0.4, 0.5) is 0 Å². The van der Waals surface area contributed by atoms with Crippen LogP contribution in [0.15, 0.2) is 53.4 Å². The molecule has 1 unspecified atom stereocenters. The lowest BCUT2D eigenvalue weighted by Crippen LogP contribution is -2.41. The first-order valence-electron chi connectivity index (χ1n) is 8.08. The number of benzene rings is 2. The summed E-state index contributed by atoms with van der Waals surface area (Å²) in [6, 6.07) is 16.3. The van der Waals surface area contributed by atoms with E-state index in [2.05, 4.69) is 23.5 Å². The first-order valence-corrected chi connectivity index (χ1v) is 8.95. The lowest BCUT2D eigenvalue weighted by Gasteiger charge is -2.31. The summed E-state index contributed by atoms with van der Waals surface area (Å²) in [5.41, 5.74) is 1.22. The maximum absolute atomic E-state index is 6.04. The number of methoxy groups -OCH3 is 2. The van der Waals surface area contributed by atoms with Crippen LogP contribution in [0.25, 0.3) is 0 Å². The molecule has 2 atom stereocenters. The van der Waals surface area contributed by atoms with Crippen LogP contribution < -0.4 is 14.8 Å². The van der Waals surface area contributed by atoms with E-state index in [4.69, 9.17) is 14.2 Å². The Morgan fingerprint density at radius 1 is 1.08 bits per heavy atom. The van der Waals surface area contributed by atoms with E-state index in [1.54, 1.807) is 26.0 Å². The molecule has 1 N–H and O–H groups in total. The van der Waals surface area contributed by atoms with Crippen LogP contribution in [-0.4, -0.2) is 40.0 Å². The Hall–Kier alpha value is -1.40. The highest BCUT2D eigenvalue weighted by atomic mass is 35.5. The van der Waals surface area contributed by atoms with Gasteiger partial charge in [0, 0.05) is 13.1 Å². The van der Waals surface area contributed by atoms with Crippen molar-refractivity contribution in [1.29, 1.82) is 0 Å². The lowest BCUT2D eigenvalue weighted by molar-refractivity contribution is 0.0273. The van der Waals surface area contributed by atoms with Crippen LogP contribution in [-0.2, 0) is 4.74 Å². The molecule has 4 nitrogen and oxygen atoms in total. The summed E-state index contributed by atoms with van der Waals surface area (Å²) in [4.78, 5) is 1.12. The fourth-order valence-corrected chi connectivity index (χ4v) is 4.10. The summed E-state index contributed by atoms with van der Waals surface area (Å²) in [5.74, 6) is 1.76. The third kappa shape index (κ3) is 5.05. The zero-order valence-electron chi connectivity index (χ0n) is 14.4. The molecular formula is C19H24ClNO3S. The second-order valence-electron chi connectivity index (χ2n) is 5.58. The van der Waals surface area contributed by atoms with Gasteiger partial charge in [-0.25, -0.2) is 0 Å².